The first-order valence-electron chi connectivity index (χ1n) is 6.79. The average Bonchev–Trinajstić information content (AvgIpc) is 2.30. The fourth-order valence-corrected chi connectivity index (χ4v) is 2.23. The lowest BCUT2D eigenvalue weighted by atomic mass is 10.0. The van der Waals surface area contributed by atoms with Crippen molar-refractivity contribution in [1.29, 1.82) is 0 Å². The number of amides is 1. The molecule has 2 atom stereocenters. The fraction of sp³-hybridized carbons (Fsp3) is 0.923. The van der Waals surface area contributed by atoms with E-state index in [9.17, 15) is 4.79 Å². The van der Waals surface area contributed by atoms with Gasteiger partial charge in [-0.05, 0) is 32.2 Å². The van der Waals surface area contributed by atoms with E-state index in [1.807, 2.05) is 13.8 Å². The molecule has 0 bridgehead atoms. The Morgan fingerprint density at radius 2 is 2.18 bits per heavy atom. The van der Waals surface area contributed by atoms with Crippen molar-refractivity contribution in [2.45, 2.75) is 52.1 Å². The number of nitrogens with zero attached hydrogens (tertiary/aromatic N) is 1. The first kappa shape index (κ1) is 14.5. The Morgan fingerprint density at radius 3 is 2.76 bits per heavy atom. The SMILES string of the molecule is CC(C)[C@H](N)C(=O)NCCN1CCCCC1C. The van der Waals surface area contributed by atoms with Crippen LogP contribution >= 0.6 is 0 Å². The second kappa shape index (κ2) is 6.97. The van der Waals surface area contributed by atoms with Crippen molar-refractivity contribution in [3.63, 3.8) is 0 Å². The van der Waals surface area contributed by atoms with E-state index >= 15 is 0 Å². The molecule has 4 heteroatoms. The second-order valence-electron chi connectivity index (χ2n) is 5.44. The number of hydrogen-bond donors (Lipinski definition) is 2. The fourth-order valence-electron chi connectivity index (χ4n) is 2.23. The van der Waals surface area contributed by atoms with Gasteiger partial charge in [0.1, 0.15) is 0 Å². The van der Waals surface area contributed by atoms with Crippen LogP contribution in [0.15, 0.2) is 0 Å². The van der Waals surface area contributed by atoms with Gasteiger partial charge in [-0.2, -0.15) is 0 Å². The number of carbonyl (C=O) groups excluding carboxylic acids is 1. The van der Waals surface area contributed by atoms with Crippen molar-refractivity contribution >= 4 is 5.91 Å². The predicted octanol–water partition coefficient (Wildman–Crippen LogP) is 0.960. The number of hydrogen-bond acceptors (Lipinski definition) is 3. The Bertz CT molecular complexity index is 243. The standard InChI is InChI=1S/C13H27N3O/c1-10(2)12(14)13(17)15-7-9-16-8-5-4-6-11(16)3/h10-12H,4-9,14H2,1-3H3,(H,15,17)/t11?,12-/m0/s1. The minimum atomic E-state index is -0.381. The molecule has 0 aromatic carbocycles. The molecule has 0 aromatic heterocycles. The van der Waals surface area contributed by atoms with Gasteiger partial charge in [0, 0.05) is 19.1 Å². The van der Waals surface area contributed by atoms with E-state index < -0.39 is 0 Å². The zero-order valence-corrected chi connectivity index (χ0v) is 11.4. The van der Waals surface area contributed by atoms with Gasteiger partial charge in [0.15, 0.2) is 0 Å². The molecule has 0 spiro atoms. The highest BCUT2D eigenvalue weighted by atomic mass is 16.2. The first-order chi connectivity index (χ1) is 8.02. The molecular weight excluding hydrogens is 214 g/mol. The quantitative estimate of drug-likeness (QED) is 0.754. The van der Waals surface area contributed by atoms with Gasteiger partial charge < -0.3 is 11.1 Å². The third-order valence-corrected chi connectivity index (χ3v) is 3.66. The molecule has 17 heavy (non-hydrogen) atoms. The van der Waals surface area contributed by atoms with E-state index in [0.717, 1.165) is 13.1 Å². The summed E-state index contributed by atoms with van der Waals surface area (Å²) >= 11 is 0. The van der Waals surface area contributed by atoms with E-state index in [1.54, 1.807) is 0 Å². The summed E-state index contributed by atoms with van der Waals surface area (Å²) in [5.74, 6) is 0.175. The Labute approximate surface area is 105 Å². The maximum atomic E-state index is 11.7. The van der Waals surface area contributed by atoms with Gasteiger partial charge in [-0.1, -0.05) is 20.3 Å². The molecule has 0 aliphatic carbocycles. The highest BCUT2D eigenvalue weighted by Gasteiger charge is 2.19. The van der Waals surface area contributed by atoms with Crippen molar-refractivity contribution in [2.75, 3.05) is 19.6 Å². The summed E-state index contributed by atoms with van der Waals surface area (Å²) in [5, 5.41) is 2.93. The molecule has 0 saturated carbocycles. The van der Waals surface area contributed by atoms with E-state index in [1.165, 1.54) is 19.3 Å². The summed E-state index contributed by atoms with van der Waals surface area (Å²) in [5.41, 5.74) is 5.78. The van der Waals surface area contributed by atoms with Gasteiger partial charge in [0.25, 0.3) is 0 Å². The van der Waals surface area contributed by atoms with Crippen LogP contribution in [0.1, 0.15) is 40.0 Å². The maximum absolute atomic E-state index is 11.7. The summed E-state index contributed by atoms with van der Waals surface area (Å²) in [6.07, 6.45) is 3.89. The summed E-state index contributed by atoms with van der Waals surface area (Å²) in [6.45, 7) is 9.02. The summed E-state index contributed by atoms with van der Waals surface area (Å²) in [7, 11) is 0. The molecule has 3 N–H and O–H groups in total. The Balaban J connectivity index is 2.20. The minimum Gasteiger partial charge on any atom is -0.353 e. The van der Waals surface area contributed by atoms with Crippen LogP contribution in [0.2, 0.25) is 0 Å². The number of likely N-dealkylation sites (tertiary alicyclic amines) is 1. The van der Waals surface area contributed by atoms with Crippen LogP contribution in [0.3, 0.4) is 0 Å². The number of carbonyl (C=O) groups is 1. The molecular formula is C13H27N3O. The highest BCUT2D eigenvalue weighted by Crippen LogP contribution is 2.15. The van der Waals surface area contributed by atoms with E-state index in [2.05, 4.69) is 17.1 Å². The highest BCUT2D eigenvalue weighted by molar-refractivity contribution is 5.81. The van der Waals surface area contributed by atoms with Gasteiger partial charge in [0.05, 0.1) is 6.04 Å². The maximum Gasteiger partial charge on any atom is 0.237 e. The van der Waals surface area contributed by atoms with Gasteiger partial charge in [0.2, 0.25) is 5.91 Å². The summed E-state index contributed by atoms with van der Waals surface area (Å²) in [4.78, 5) is 14.1. The van der Waals surface area contributed by atoms with Crippen molar-refractivity contribution < 1.29 is 4.79 Å². The molecule has 1 amide bonds. The number of nitrogens with one attached hydrogen (secondary N) is 1. The molecule has 1 saturated heterocycles. The predicted molar refractivity (Wildman–Crippen MR) is 70.7 cm³/mol. The number of rotatable bonds is 5. The molecule has 1 fully saturated rings. The Morgan fingerprint density at radius 1 is 1.47 bits per heavy atom. The topological polar surface area (TPSA) is 58.4 Å². The second-order valence-corrected chi connectivity index (χ2v) is 5.44. The van der Waals surface area contributed by atoms with Gasteiger partial charge in [-0.25, -0.2) is 0 Å². The normalized spacial score (nSPS) is 23.7. The molecule has 1 aliphatic heterocycles. The largest absolute Gasteiger partial charge is 0.353 e. The van der Waals surface area contributed by atoms with Gasteiger partial charge in [-0.3, -0.25) is 9.69 Å². The van der Waals surface area contributed by atoms with Crippen LogP contribution in [-0.2, 0) is 4.79 Å². The van der Waals surface area contributed by atoms with Crippen LogP contribution in [0, 0.1) is 5.92 Å². The van der Waals surface area contributed by atoms with Crippen LogP contribution in [0.4, 0.5) is 0 Å². The monoisotopic (exact) mass is 241 g/mol. The van der Waals surface area contributed by atoms with Crippen LogP contribution in [0.25, 0.3) is 0 Å². The van der Waals surface area contributed by atoms with Crippen molar-refractivity contribution in [1.82, 2.24) is 10.2 Å². The molecule has 100 valence electrons. The smallest absolute Gasteiger partial charge is 0.237 e. The lowest BCUT2D eigenvalue weighted by molar-refractivity contribution is -0.123. The van der Waals surface area contributed by atoms with Crippen LogP contribution in [0.5, 0.6) is 0 Å². The van der Waals surface area contributed by atoms with Gasteiger partial charge in [-0.15, -0.1) is 0 Å². The van der Waals surface area contributed by atoms with Crippen molar-refractivity contribution in [3.05, 3.63) is 0 Å². The van der Waals surface area contributed by atoms with E-state index in [-0.39, 0.29) is 17.9 Å². The molecule has 4 nitrogen and oxygen atoms in total. The zero-order chi connectivity index (χ0) is 12.8. The zero-order valence-electron chi connectivity index (χ0n) is 11.4. The van der Waals surface area contributed by atoms with E-state index in [4.69, 9.17) is 5.73 Å². The molecule has 0 radical (unpaired) electrons. The lowest BCUT2D eigenvalue weighted by Crippen LogP contribution is -2.47. The van der Waals surface area contributed by atoms with Crippen LogP contribution in [-0.4, -0.2) is 42.5 Å². The summed E-state index contributed by atoms with van der Waals surface area (Å²) < 4.78 is 0. The first-order valence-corrected chi connectivity index (χ1v) is 6.79. The average molecular weight is 241 g/mol. The Hall–Kier alpha value is -0.610. The molecule has 1 unspecified atom stereocenters. The lowest BCUT2D eigenvalue weighted by Gasteiger charge is -2.33. The van der Waals surface area contributed by atoms with Crippen LogP contribution < -0.4 is 11.1 Å². The van der Waals surface area contributed by atoms with Gasteiger partial charge >= 0.3 is 0 Å². The molecule has 0 aromatic rings. The number of piperidine rings is 1. The van der Waals surface area contributed by atoms with Crippen molar-refractivity contribution in [2.24, 2.45) is 11.7 Å². The van der Waals surface area contributed by atoms with E-state index in [0.29, 0.717) is 12.6 Å². The Kier molecular flexibility index (Phi) is 5.92. The van der Waals surface area contributed by atoms with Crippen molar-refractivity contribution in [3.8, 4) is 0 Å². The molecule has 1 heterocycles. The number of nitrogens with two attached hydrogens (primary N) is 1. The third-order valence-electron chi connectivity index (χ3n) is 3.66. The molecule has 1 aliphatic rings. The third kappa shape index (κ3) is 4.64. The minimum absolute atomic E-state index is 0.0235. The molecule has 1 rings (SSSR count). The summed E-state index contributed by atoms with van der Waals surface area (Å²) in [6, 6.07) is 0.271.